The number of nitrogens with two attached hydrogens (primary N) is 1. The molecule has 6 heteroatoms. The minimum atomic E-state index is 0. The van der Waals surface area contributed by atoms with E-state index in [1.807, 2.05) is 11.9 Å². The third-order valence-corrected chi connectivity index (χ3v) is 5.69. The summed E-state index contributed by atoms with van der Waals surface area (Å²) in [5.74, 6) is 0.297. The first-order chi connectivity index (χ1) is 10.1. The molecule has 2 fully saturated rings. The van der Waals surface area contributed by atoms with Gasteiger partial charge in [-0.1, -0.05) is 26.2 Å². The van der Waals surface area contributed by atoms with E-state index in [9.17, 15) is 4.79 Å². The van der Waals surface area contributed by atoms with Crippen LogP contribution >= 0.6 is 24.8 Å². The standard InChI is InChI=1S/C17H33N3O.2ClH/c1-3-20-11-7-8-15(20)13-19(2)16(21)12-17(14-18)9-5-4-6-10-17;;/h15H,3-14,18H2,1-2H3;2*1H. The summed E-state index contributed by atoms with van der Waals surface area (Å²) >= 11 is 0. The molecule has 2 N–H and O–H groups in total. The summed E-state index contributed by atoms with van der Waals surface area (Å²) in [5, 5.41) is 0. The number of halogens is 2. The lowest BCUT2D eigenvalue weighted by molar-refractivity contribution is -0.133. The summed E-state index contributed by atoms with van der Waals surface area (Å²) in [6.07, 6.45) is 9.20. The normalized spacial score (nSPS) is 23.7. The van der Waals surface area contributed by atoms with Gasteiger partial charge in [0.2, 0.25) is 5.91 Å². The Kier molecular flexibility index (Phi) is 10.7. The molecule has 1 heterocycles. The Bertz CT molecular complexity index is 349. The van der Waals surface area contributed by atoms with Crippen molar-refractivity contribution in [2.45, 2.75) is 64.3 Å². The zero-order valence-corrected chi connectivity index (χ0v) is 16.4. The molecule has 23 heavy (non-hydrogen) atoms. The molecule has 0 bridgehead atoms. The number of rotatable bonds is 6. The number of hydrogen-bond acceptors (Lipinski definition) is 3. The van der Waals surface area contributed by atoms with Crippen LogP contribution in [0.25, 0.3) is 0 Å². The van der Waals surface area contributed by atoms with Gasteiger partial charge >= 0.3 is 0 Å². The quantitative estimate of drug-likeness (QED) is 0.784. The molecule has 0 radical (unpaired) electrons. The Hall–Kier alpha value is -0.0300. The molecule has 1 saturated heterocycles. The summed E-state index contributed by atoms with van der Waals surface area (Å²) in [6, 6.07) is 0.559. The SMILES string of the molecule is CCN1CCCC1CN(C)C(=O)CC1(CN)CCCCC1.Cl.Cl. The average molecular weight is 368 g/mol. The maximum absolute atomic E-state index is 12.6. The van der Waals surface area contributed by atoms with E-state index < -0.39 is 0 Å². The van der Waals surface area contributed by atoms with Crippen LogP contribution in [0.15, 0.2) is 0 Å². The van der Waals surface area contributed by atoms with Crippen molar-refractivity contribution in [3.8, 4) is 0 Å². The Morgan fingerprint density at radius 1 is 1.22 bits per heavy atom. The lowest BCUT2D eigenvalue weighted by atomic mass is 9.71. The smallest absolute Gasteiger partial charge is 0.222 e. The van der Waals surface area contributed by atoms with Crippen molar-refractivity contribution in [1.29, 1.82) is 0 Å². The van der Waals surface area contributed by atoms with E-state index in [1.165, 1.54) is 38.6 Å². The number of nitrogens with zero attached hydrogens (tertiary/aromatic N) is 2. The largest absolute Gasteiger partial charge is 0.344 e. The van der Waals surface area contributed by atoms with Gasteiger partial charge in [0, 0.05) is 26.1 Å². The highest BCUT2D eigenvalue weighted by Crippen LogP contribution is 2.38. The maximum Gasteiger partial charge on any atom is 0.222 e. The van der Waals surface area contributed by atoms with Gasteiger partial charge in [0.1, 0.15) is 0 Å². The van der Waals surface area contributed by atoms with E-state index in [4.69, 9.17) is 5.73 Å². The number of hydrogen-bond donors (Lipinski definition) is 1. The van der Waals surface area contributed by atoms with E-state index in [1.54, 1.807) is 0 Å². The fourth-order valence-electron chi connectivity index (χ4n) is 4.15. The first-order valence-corrected chi connectivity index (χ1v) is 8.78. The molecule has 1 unspecified atom stereocenters. The third-order valence-electron chi connectivity index (χ3n) is 5.69. The minimum absolute atomic E-state index is 0. The van der Waals surface area contributed by atoms with Crippen LogP contribution < -0.4 is 5.73 Å². The molecule has 4 nitrogen and oxygen atoms in total. The van der Waals surface area contributed by atoms with Crippen molar-refractivity contribution in [2.24, 2.45) is 11.1 Å². The summed E-state index contributed by atoms with van der Waals surface area (Å²) in [5.41, 5.74) is 6.10. The number of carbonyl (C=O) groups is 1. The molecule has 2 aliphatic rings. The van der Waals surface area contributed by atoms with Crippen molar-refractivity contribution in [1.82, 2.24) is 9.80 Å². The van der Waals surface area contributed by atoms with E-state index in [-0.39, 0.29) is 30.2 Å². The summed E-state index contributed by atoms with van der Waals surface area (Å²) in [7, 11) is 1.97. The summed E-state index contributed by atoms with van der Waals surface area (Å²) in [6.45, 7) is 6.05. The van der Waals surface area contributed by atoms with Gasteiger partial charge in [0.15, 0.2) is 0 Å². The predicted molar refractivity (Wildman–Crippen MR) is 102 cm³/mol. The number of likely N-dealkylation sites (tertiary alicyclic amines) is 1. The molecular weight excluding hydrogens is 333 g/mol. The maximum atomic E-state index is 12.6. The summed E-state index contributed by atoms with van der Waals surface area (Å²) < 4.78 is 0. The molecule has 1 amide bonds. The average Bonchev–Trinajstić information content (AvgIpc) is 2.95. The Morgan fingerprint density at radius 3 is 2.43 bits per heavy atom. The van der Waals surface area contributed by atoms with E-state index >= 15 is 0 Å². The number of amides is 1. The fourth-order valence-corrected chi connectivity index (χ4v) is 4.15. The topological polar surface area (TPSA) is 49.6 Å². The summed E-state index contributed by atoms with van der Waals surface area (Å²) in [4.78, 5) is 17.1. The van der Waals surface area contributed by atoms with E-state index in [0.717, 1.165) is 25.9 Å². The molecule has 1 saturated carbocycles. The van der Waals surface area contributed by atoms with Gasteiger partial charge in [0.05, 0.1) is 0 Å². The fraction of sp³-hybridized carbons (Fsp3) is 0.941. The lowest BCUT2D eigenvalue weighted by Crippen LogP contribution is -2.44. The van der Waals surface area contributed by atoms with Crippen LogP contribution in [0.3, 0.4) is 0 Å². The monoisotopic (exact) mass is 367 g/mol. The van der Waals surface area contributed by atoms with Crippen molar-refractivity contribution >= 4 is 30.7 Å². The van der Waals surface area contributed by atoms with Gasteiger partial charge in [-0.3, -0.25) is 9.69 Å². The van der Waals surface area contributed by atoms with Gasteiger partial charge in [-0.25, -0.2) is 0 Å². The van der Waals surface area contributed by atoms with Crippen molar-refractivity contribution in [2.75, 3.05) is 33.2 Å². The second-order valence-electron chi connectivity index (χ2n) is 7.14. The van der Waals surface area contributed by atoms with Crippen LogP contribution in [0.4, 0.5) is 0 Å². The predicted octanol–water partition coefficient (Wildman–Crippen LogP) is 3.07. The molecule has 0 aromatic heterocycles. The van der Waals surface area contributed by atoms with Gasteiger partial charge in [0.25, 0.3) is 0 Å². The molecular formula is C17H35Cl2N3O. The van der Waals surface area contributed by atoms with Gasteiger partial charge in [-0.05, 0) is 50.7 Å². The van der Waals surface area contributed by atoms with Crippen LogP contribution in [0.1, 0.15) is 58.3 Å². The van der Waals surface area contributed by atoms with Crippen LogP contribution in [-0.2, 0) is 4.79 Å². The molecule has 1 aliphatic carbocycles. The van der Waals surface area contributed by atoms with Crippen LogP contribution in [-0.4, -0.2) is 55.0 Å². The second kappa shape index (κ2) is 10.8. The number of likely N-dealkylation sites (N-methyl/N-ethyl adjacent to an activating group) is 2. The van der Waals surface area contributed by atoms with E-state index in [0.29, 0.717) is 24.9 Å². The van der Waals surface area contributed by atoms with Gasteiger partial charge in [-0.2, -0.15) is 0 Å². The lowest BCUT2D eigenvalue weighted by Gasteiger charge is -2.37. The second-order valence-corrected chi connectivity index (χ2v) is 7.14. The zero-order valence-electron chi connectivity index (χ0n) is 14.8. The van der Waals surface area contributed by atoms with Crippen molar-refractivity contribution in [3.63, 3.8) is 0 Å². The van der Waals surface area contributed by atoms with Gasteiger partial charge in [-0.15, -0.1) is 24.8 Å². The van der Waals surface area contributed by atoms with Crippen LogP contribution in [0.5, 0.6) is 0 Å². The first-order valence-electron chi connectivity index (χ1n) is 8.78. The highest BCUT2D eigenvalue weighted by molar-refractivity contribution is 5.85. The Labute approximate surface area is 154 Å². The minimum Gasteiger partial charge on any atom is -0.344 e. The molecule has 2 rings (SSSR count). The van der Waals surface area contributed by atoms with Crippen molar-refractivity contribution < 1.29 is 4.79 Å². The van der Waals surface area contributed by atoms with Crippen molar-refractivity contribution in [3.05, 3.63) is 0 Å². The third kappa shape index (κ3) is 6.08. The Morgan fingerprint density at radius 2 is 1.87 bits per heavy atom. The Balaban J connectivity index is 0.00000242. The molecule has 0 spiro atoms. The highest BCUT2D eigenvalue weighted by Gasteiger charge is 2.34. The molecule has 138 valence electrons. The first kappa shape index (κ1) is 23.0. The molecule has 1 atom stereocenters. The molecule has 1 aliphatic heterocycles. The zero-order chi connectivity index (χ0) is 15.3. The molecule has 0 aromatic rings. The van der Waals surface area contributed by atoms with Crippen LogP contribution in [0, 0.1) is 5.41 Å². The van der Waals surface area contributed by atoms with E-state index in [2.05, 4.69) is 11.8 Å². The highest BCUT2D eigenvalue weighted by atomic mass is 35.5. The number of carbonyl (C=O) groups excluding carboxylic acids is 1. The van der Waals surface area contributed by atoms with Crippen LogP contribution in [0.2, 0.25) is 0 Å². The van der Waals surface area contributed by atoms with Gasteiger partial charge < -0.3 is 10.6 Å². The molecule has 0 aromatic carbocycles.